The second kappa shape index (κ2) is 6.75. The lowest BCUT2D eigenvalue weighted by molar-refractivity contribution is 0.231. The Balaban J connectivity index is 1.53. The van der Waals surface area contributed by atoms with E-state index >= 15 is 0 Å². The van der Waals surface area contributed by atoms with Crippen LogP contribution in [-0.4, -0.2) is 48.6 Å². The Labute approximate surface area is 128 Å². The van der Waals surface area contributed by atoms with Crippen LogP contribution in [0.4, 0.5) is 5.82 Å². The van der Waals surface area contributed by atoms with Crippen LogP contribution in [0.5, 0.6) is 0 Å². The Morgan fingerprint density at radius 2 is 1.95 bits per heavy atom. The standard InChI is InChI=1S/C17H28N4/c1-14(2)13-20-8-10-21(11-9-20)17-5-3-4-16(19-17)12-18-15-6-7-15/h3-5,14-15,18H,6-13H2,1-2H3. The minimum absolute atomic E-state index is 0.745. The highest BCUT2D eigenvalue weighted by Gasteiger charge is 2.21. The van der Waals surface area contributed by atoms with Crippen molar-refractivity contribution in [3.63, 3.8) is 0 Å². The molecule has 1 saturated heterocycles. The fraction of sp³-hybridized carbons (Fsp3) is 0.706. The van der Waals surface area contributed by atoms with Crippen LogP contribution in [0.1, 0.15) is 32.4 Å². The number of anilines is 1. The number of hydrogen-bond donors (Lipinski definition) is 1. The highest BCUT2D eigenvalue weighted by Crippen LogP contribution is 2.20. The van der Waals surface area contributed by atoms with Gasteiger partial charge >= 0.3 is 0 Å². The molecule has 1 N–H and O–H groups in total. The van der Waals surface area contributed by atoms with Gasteiger partial charge in [0.25, 0.3) is 0 Å². The predicted octanol–water partition coefficient (Wildman–Crippen LogP) is 2.11. The van der Waals surface area contributed by atoms with E-state index in [0.717, 1.165) is 50.5 Å². The van der Waals surface area contributed by atoms with E-state index < -0.39 is 0 Å². The van der Waals surface area contributed by atoms with E-state index in [1.165, 1.54) is 25.1 Å². The van der Waals surface area contributed by atoms with Crippen LogP contribution in [0.25, 0.3) is 0 Å². The van der Waals surface area contributed by atoms with E-state index in [1.54, 1.807) is 0 Å². The summed E-state index contributed by atoms with van der Waals surface area (Å²) in [5.41, 5.74) is 1.17. The molecule has 2 heterocycles. The van der Waals surface area contributed by atoms with Crippen molar-refractivity contribution in [3.8, 4) is 0 Å². The molecule has 0 unspecified atom stereocenters. The van der Waals surface area contributed by atoms with Gasteiger partial charge in [-0.1, -0.05) is 19.9 Å². The number of nitrogens with one attached hydrogen (secondary N) is 1. The van der Waals surface area contributed by atoms with E-state index in [0.29, 0.717) is 0 Å². The molecule has 1 aromatic rings. The van der Waals surface area contributed by atoms with Gasteiger partial charge in [-0.25, -0.2) is 4.98 Å². The summed E-state index contributed by atoms with van der Waals surface area (Å²) in [6.07, 6.45) is 2.66. The number of pyridine rings is 1. The minimum atomic E-state index is 0.745. The largest absolute Gasteiger partial charge is 0.354 e. The van der Waals surface area contributed by atoms with Gasteiger partial charge in [0.05, 0.1) is 5.69 Å². The van der Waals surface area contributed by atoms with Gasteiger partial charge in [0.2, 0.25) is 0 Å². The summed E-state index contributed by atoms with van der Waals surface area (Å²) < 4.78 is 0. The Hall–Kier alpha value is -1.13. The molecule has 3 rings (SSSR count). The molecule has 1 aliphatic heterocycles. The fourth-order valence-electron chi connectivity index (χ4n) is 2.95. The van der Waals surface area contributed by atoms with Gasteiger partial charge in [0.1, 0.15) is 5.82 Å². The highest BCUT2D eigenvalue weighted by atomic mass is 15.3. The zero-order chi connectivity index (χ0) is 14.7. The Kier molecular flexibility index (Phi) is 4.76. The normalized spacial score (nSPS) is 20.2. The zero-order valence-electron chi connectivity index (χ0n) is 13.4. The molecule has 0 spiro atoms. The smallest absolute Gasteiger partial charge is 0.128 e. The SMILES string of the molecule is CC(C)CN1CCN(c2cccc(CNC3CC3)n2)CC1. The summed E-state index contributed by atoms with van der Waals surface area (Å²) in [6, 6.07) is 7.18. The summed E-state index contributed by atoms with van der Waals surface area (Å²) in [5, 5.41) is 3.54. The first-order valence-electron chi connectivity index (χ1n) is 8.37. The molecule has 1 saturated carbocycles. The number of rotatable bonds is 6. The maximum atomic E-state index is 4.83. The molecule has 1 aliphatic carbocycles. The quantitative estimate of drug-likeness (QED) is 0.869. The van der Waals surface area contributed by atoms with Crippen molar-refractivity contribution >= 4 is 5.82 Å². The number of nitrogens with zero attached hydrogens (tertiary/aromatic N) is 3. The van der Waals surface area contributed by atoms with Crippen molar-refractivity contribution in [2.75, 3.05) is 37.6 Å². The zero-order valence-corrected chi connectivity index (χ0v) is 13.4. The molecule has 2 aliphatic rings. The fourth-order valence-corrected chi connectivity index (χ4v) is 2.95. The maximum absolute atomic E-state index is 4.83. The summed E-state index contributed by atoms with van der Waals surface area (Å²) in [7, 11) is 0. The van der Waals surface area contributed by atoms with Gasteiger partial charge < -0.3 is 10.2 Å². The van der Waals surface area contributed by atoms with Gasteiger partial charge in [0.15, 0.2) is 0 Å². The maximum Gasteiger partial charge on any atom is 0.128 e. The first-order chi connectivity index (χ1) is 10.2. The van der Waals surface area contributed by atoms with Crippen molar-refractivity contribution in [2.45, 2.75) is 39.3 Å². The van der Waals surface area contributed by atoms with Crippen LogP contribution in [0.15, 0.2) is 18.2 Å². The van der Waals surface area contributed by atoms with E-state index in [4.69, 9.17) is 4.98 Å². The van der Waals surface area contributed by atoms with Gasteiger partial charge in [-0.05, 0) is 30.9 Å². The van der Waals surface area contributed by atoms with Gasteiger partial charge in [-0.15, -0.1) is 0 Å². The summed E-state index contributed by atoms with van der Waals surface area (Å²) in [4.78, 5) is 9.82. The van der Waals surface area contributed by atoms with Gasteiger partial charge in [-0.3, -0.25) is 4.90 Å². The summed E-state index contributed by atoms with van der Waals surface area (Å²) in [5.74, 6) is 1.90. The van der Waals surface area contributed by atoms with Crippen LogP contribution in [-0.2, 0) is 6.54 Å². The molecule has 0 bridgehead atoms. The molecule has 0 aromatic carbocycles. The Morgan fingerprint density at radius 1 is 1.19 bits per heavy atom. The van der Waals surface area contributed by atoms with Crippen LogP contribution >= 0.6 is 0 Å². The average Bonchev–Trinajstić information content (AvgIpc) is 3.30. The van der Waals surface area contributed by atoms with Crippen molar-refractivity contribution in [2.24, 2.45) is 5.92 Å². The lowest BCUT2D eigenvalue weighted by atomic mass is 10.2. The number of aromatic nitrogens is 1. The van der Waals surface area contributed by atoms with Gasteiger partial charge in [-0.2, -0.15) is 0 Å². The molecule has 4 nitrogen and oxygen atoms in total. The molecule has 0 amide bonds. The minimum Gasteiger partial charge on any atom is -0.354 e. The third-order valence-electron chi connectivity index (χ3n) is 4.26. The van der Waals surface area contributed by atoms with Crippen LogP contribution < -0.4 is 10.2 Å². The molecule has 4 heteroatoms. The van der Waals surface area contributed by atoms with Crippen LogP contribution in [0.3, 0.4) is 0 Å². The summed E-state index contributed by atoms with van der Waals surface area (Å²) >= 11 is 0. The van der Waals surface area contributed by atoms with Crippen molar-refractivity contribution in [1.29, 1.82) is 0 Å². The number of hydrogen-bond acceptors (Lipinski definition) is 4. The van der Waals surface area contributed by atoms with E-state index in [2.05, 4.69) is 47.2 Å². The van der Waals surface area contributed by atoms with Crippen LogP contribution in [0, 0.1) is 5.92 Å². The lowest BCUT2D eigenvalue weighted by Gasteiger charge is -2.36. The predicted molar refractivity (Wildman–Crippen MR) is 87.6 cm³/mol. The van der Waals surface area contributed by atoms with Crippen molar-refractivity contribution in [3.05, 3.63) is 23.9 Å². The Morgan fingerprint density at radius 3 is 2.62 bits per heavy atom. The molecule has 116 valence electrons. The van der Waals surface area contributed by atoms with Gasteiger partial charge in [0, 0.05) is 45.3 Å². The van der Waals surface area contributed by atoms with E-state index in [-0.39, 0.29) is 0 Å². The molecular weight excluding hydrogens is 260 g/mol. The second-order valence-electron chi connectivity index (χ2n) is 6.82. The van der Waals surface area contributed by atoms with Crippen molar-refractivity contribution in [1.82, 2.24) is 15.2 Å². The molecule has 2 fully saturated rings. The Bertz CT molecular complexity index is 448. The molecule has 0 atom stereocenters. The van der Waals surface area contributed by atoms with Crippen LogP contribution in [0.2, 0.25) is 0 Å². The number of piperazine rings is 1. The topological polar surface area (TPSA) is 31.4 Å². The van der Waals surface area contributed by atoms with Crippen molar-refractivity contribution < 1.29 is 0 Å². The van der Waals surface area contributed by atoms with E-state index in [1.807, 2.05) is 0 Å². The molecule has 21 heavy (non-hydrogen) atoms. The highest BCUT2D eigenvalue weighted by molar-refractivity contribution is 5.39. The first kappa shape index (κ1) is 14.8. The average molecular weight is 288 g/mol. The third kappa shape index (κ3) is 4.42. The second-order valence-corrected chi connectivity index (χ2v) is 6.82. The summed E-state index contributed by atoms with van der Waals surface area (Å²) in [6.45, 7) is 11.2. The molecular formula is C17H28N4. The lowest BCUT2D eigenvalue weighted by Crippen LogP contribution is -2.47. The first-order valence-corrected chi connectivity index (χ1v) is 8.37. The molecule has 0 radical (unpaired) electrons. The monoisotopic (exact) mass is 288 g/mol. The molecule has 1 aromatic heterocycles. The third-order valence-corrected chi connectivity index (χ3v) is 4.26. The van der Waals surface area contributed by atoms with E-state index in [9.17, 15) is 0 Å².